The molecule has 4 heteroatoms. The monoisotopic (exact) mass is 275 g/mol. The van der Waals surface area contributed by atoms with Crippen LogP contribution in [0.5, 0.6) is 0 Å². The van der Waals surface area contributed by atoms with Crippen LogP contribution < -0.4 is 0 Å². The van der Waals surface area contributed by atoms with Crippen molar-refractivity contribution >= 4 is 10.8 Å². The van der Waals surface area contributed by atoms with Crippen LogP contribution in [0, 0.1) is 18.3 Å². The van der Waals surface area contributed by atoms with Gasteiger partial charge in [0.05, 0.1) is 17.2 Å². The molecule has 2 aliphatic rings. The van der Waals surface area contributed by atoms with E-state index in [1.807, 2.05) is 13.0 Å². The van der Waals surface area contributed by atoms with Crippen LogP contribution in [-0.4, -0.2) is 19.8 Å². The van der Waals surface area contributed by atoms with Crippen molar-refractivity contribution in [3.63, 3.8) is 0 Å². The summed E-state index contributed by atoms with van der Waals surface area (Å²) in [4.78, 5) is 0. The Kier molecular flexibility index (Phi) is 2.99. The summed E-state index contributed by atoms with van der Waals surface area (Å²) in [5.74, 6) is 0. The van der Waals surface area contributed by atoms with Crippen molar-refractivity contribution in [2.24, 2.45) is 0 Å². The van der Waals surface area contributed by atoms with Gasteiger partial charge in [-0.1, -0.05) is 6.07 Å². The zero-order chi connectivity index (χ0) is 13.6. The van der Waals surface area contributed by atoms with Gasteiger partial charge in [0.25, 0.3) is 0 Å². The Labute approximate surface area is 115 Å². The molecule has 2 atom stereocenters. The van der Waals surface area contributed by atoms with Crippen molar-refractivity contribution in [2.45, 2.75) is 48.7 Å². The van der Waals surface area contributed by atoms with Crippen LogP contribution in [0.1, 0.15) is 42.4 Å². The molecular weight excluding hydrogens is 258 g/mol. The maximum Gasteiger partial charge on any atom is 0.0991 e. The maximum atomic E-state index is 12.1. The SMILES string of the molecule is Cc1ccc(C#N)cc1C1(O)CC2CCC(C1)S2=O. The highest BCUT2D eigenvalue weighted by molar-refractivity contribution is 7.86. The number of nitrogens with zero attached hydrogens (tertiary/aromatic N) is 1. The van der Waals surface area contributed by atoms with E-state index in [-0.39, 0.29) is 10.5 Å². The Morgan fingerprint density at radius 2 is 2.00 bits per heavy atom. The largest absolute Gasteiger partial charge is 0.385 e. The minimum atomic E-state index is -0.906. The molecule has 0 aliphatic carbocycles. The molecule has 2 fully saturated rings. The summed E-state index contributed by atoms with van der Waals surface area (Å²) >= 11 is 0. The number of benzene rings is 1. The van der Waals surface area contributed by atoms with E-state index in [1.54, 1.807) is 12.1 Å². The summed E-state index contributed by atoms with van der Waals surface area (Å²) in [7, 11) is -0.778. The average molecular weight is 275 g/mol. The highest BCUT2D eigenvalue weighted by Crippen LogP contribution is 2.46. The molecule has 0 saturated carbocycles. The third kappa shape index (κ3) is 2.01. The van der Waals surface area contributed by atoms with Gasteiger partial charge in [-0.05, 0) is 55.9 Å². The van der Waals surface area contributed by atoms with Crippen molar-refractivity contribution in [1.29, 1.82) is 5.26 Å². The number of rotatable bonds is 1. The van der Waals surface area contributed by atoms with E-state index in [0.717, 1.165) is 24.0 Å². The van der Waals surface area contributed by atoms with Gasteiger partial charge in [0, 0.05) is 21.3 Å². The highest BCUT2D eigenvalue weighted by Gasteiger charge is 2.48. The van der Waals surface area contributed by atoms with E-state index in [0.29, 0.717) is 18.4 Å². The molecule has 0 radical (unpaired) electrons. The molecule has 2 unspecified atom stereocenters. The molecule has 0 spiro atoms. The first-order chi connectivity index (χ1) is 9.03. The predicted molar refractivity (Wildman–Crippen MR) is 74.0 cm³/mol. The molecule has 2 aliphatic heterocycles. The fraction of sp³-hybridized carbons (Fsp3) is 0.533. The summed E-state index contributed by atoms with van der Waals surface area (Å²) in [6, 6.07) is 7.59. The third-order valence-electron chi connectivity index (χ3n) is 4.47. The van der Waals surface area contributed by atoms with Crippen molar-refractivity contribution in [3.05, 3.63) is 34.9 Å². The van der Waals surface area contributed by atoms with Crippen LogP contribution in [0.25, 0.3) is 0 Å². The molecule has 2 saturated heterocycles. The van der Waals surface area contributed by atoms with Gasteiger partial charge in [-0.25, -0.2) is 0 Å². The van der Waals surface area contributed by atoms with E-state index < -0.39 is 16.4 Å². The smallest absolute Gasteiger partial charge is 0.0991 e. The lowest BCUT2D eigenvalue weighted by molar-refractivity contribution is 0.0178. The van der Waals surface area contributed by atoms with Crippen molar-refractivity contribution < 1.29 is 9.32 Å². The molecule has 0 amide bonds. The Morgan fingerprint density at radius 3 is 2.58 bits per heavy atom. The van der Waals surface area contributed by atoms with Gasteiger partial charge < -0.3 is 5.11 Å². The Balaban J connectivity index is 2.02. The zero-order valence-electron chi connectivity index (χ0n) is 10.9. The van der Waals surface area contributed by atoms with Crippen LogP contribution in [0.3, 0.4) is 0 Å². The Hall–Kier alpha value is -1.18. The molecule has 100 valence electrons. The number of nitriles is 1. The van der Waals surface area contributed by atoms with Crippen molar-refractivity contribution in [3.8, 4) is 6.07 Å². The fourth-order valence-electron chi connectivity index (χ4n) is 3.49. The summed E-state index contributed by atoms with van der Waals surface area (Å²) in [6.45, 7) is 1.96. The molecule has 3 nitrogen and oxygen atoms in total. The maximum absolute atomic E-state index is 12.1. The number of fused-ring (bicyclic) bond motifs is 2. The predicted octanol–water partition coefficient (Wildman–Crippen LogP) is 2.13. The molecule has 19 heavy (non-hydrogen) atoms. The average Bonchev–Trinajstić information content (AvgIpc) is 2.63. The molecule has 0 aromatic heterocycles. The topological polar surface area (TPSA) is 61.1 Å². The zero-order valence-corrected chi connectivity index (χ0v) is 11.7. The number of aryl methyl sites for hydroxylation is 1. The van der Waals surface area contributed by atoms with E-state index in [4.69, 9.17) is 5.26 Å². The lowest BCUT2D eigenvalue weighted by Crippen LogP contribution is -2.40. The lowest BCUT2D eigenvalue weighted by Gasteiger charge is -2.37. The number of hydrogen-bond acceptors (Lipinski definition) is 3. The molecule has 2 bridgehead atoms. The van der Waals surface area contributed by atoms with Gasteiger partial charge in [0.1, 0.15) is 0 Å². The quantitative estimate of drug-likeness (QED) is 0.854. The standard InChI is InChI=1S/C15H17NO2S/c1-10-2-3-11(9-16)6-14(10)15(17)7-12-4-5-13(8-15)19(12)18/h2-3,6,12-13,17H,4-5,7-8H2,1H3. The van der Waals surface area contributed by atoms with Crippen LogP contribution in [0.15, 0.2) is 18.2 Å². The first-order valence-corrected chi connectivity index (χ1v) is 7.94. The number of aliphatic hydroxyl groups is 1. The highest BCUT2D eigenvalue weighted by atomic mass is 32.2. The second kappa shape index (κ2) is 4.43. The first-order valence-electron chi connectivity index (χ1n) is 6.66. The first kappa shape index (κ1) is 12.8. The second-order valence-electron chi connectivity index (χ2n) is 5.73. The molecule has 1 aromatic rings. The van der Waals surface area contributed by atoms with E-state index in [1.165, 1.54) is 0 Å². The molecule has 3 rings (SSSR count). The van der Waals surface area contributed by atoms with E-state index in [2.05, 4.69) is 6.07 Å². The fourth-order valence-corrected chi connectivity index (χ4v) is 5.66. The normalized spacial score (nSPS) is 37.0. The second-order valence-corrected chi connectivity index (χ2v) is 7.72. The molecule has 1 N–H and O–H groups in total. The molecular formula is C15H17NO2S. The third-order valence-corrected chi connectivity index (χ3v) is 6.59. The van der Waals surface area contributed by atoms with E-state index in [9.17, 15) is 9.32 Å². The van der Waals surface area contributed by atoms with Crippen LogP contribution in [-0.2, 0) is 16.4 Å². The van der Waals surface area contributed by atoms with Gasteiger partial charge in [-0.2, -0.15) is 5.26 Å². The number of hydrogen-bond donors (Lipinski definition) is 1. The lowest BCUT2D eigenvalue weighted by atomic mass is 9.83. The summed E-state index contributed by atoms with van der Waals surface area (Å²) in [5, 5.41) is 20.3. The minimum absolute atomic E-state index is 0.119. The minimum Gasteiger partial charge on any atom is -0.385 e. The van der Waals surface area contributed by atoms with Gasteiger partial charge in [0.15, 0.2) is 0 Å². The molecule has 1 aromatic carbocycles. The van der Waals surface area contributed by atoms with E-state index >= 15 is 0 Å². The Morgan fingerprint density at radius 1 is 1.37 bits per heavy atom. The summed E-state index contributed by atoms with van der Waals surface area (Å²) in [6.07, 6.45) is 3.03. The van der Waals surface area contributed by atoms with Gasteiger partial charge >= 0.3 is 0 Å². The Bertz CT molecular complexity index is 574. The van der Waals surface area contributed by atoms with Crippen LogP contribution >= 0.6 is 0 Å². The van der Waals surface area contributed by atoms with Gasteiger partial charge in [-0.3, -0.25) is 4.21 Å². The summed E-state index contributed by atoms with van der Waals surface area (Å²) < 4.78 is 12.1. The summed E-state index contributed by atoms with van der Waals surface area (Å²) in [5.41, 5.74) is 1.53. The van der Waals surface area contributed by atoms with Crippen molar-refractivity contribution in [2.75, 3.05) is 0 Å². The van der Waals surface area contributed by atoms with Crippen LogP contribution in [0.4, 0.5) is 0 Å². The van der Waals surface area contributed by atoms with Gasteiger partial charge in [-0.15, -0.1) is 0 Å². The van der Waals surface area contributed by atoms with Gasteiger partial charge in [0.2, 0.25) is 0 Å². The van der Waals surface area contributed by atoms with Crippen molar-refractivity contribution in [1.82, 2.24) is 0 Å². The molecule has 2 heterocycles. The van der Waals surface area contributed by atoms with Crippen LogP contribution in [0.2, 0.25) is 0 Å².